The summed E-state index contributed by atoms with van der Waals surface area (Å²) in [5.74, 6) is 0. The average Bonchev–Trinajstić information content (AvgIpc) is 2.17. The highest BCUT2D eigenvalue weighted by molar-refractivity contribution is 5.40. The van der Waals surface area contributed by atoms with Gasteiger partial charge in [-0.3, -0.25) is 4.98 Å². The fourth-order valence-corrected chi connectivity index (χ4v) is 1.40. The molecule has 0 amide bonds. The second-order valence-corrected chi connectivity index (χ2v) is 2.74. The van der Waals surface area contributed by atoms with Crippen LogP contribution in [0.15, 0.2) is 12.4 Å². The first-order chi connectivity index (χ1) is 5.92. The largest absolute Gasteiger partial charge is 0.376 e. The van der Waals surface area contributed by atoms with Gasteiger partial charge < -0.3 is 4.74 Å². The third-order valence-corrected chi connectivity index (χ3v) is 2.02. The number of aromatic nitrogens is 1. The molecule has 0 bridgehead atoms. The molecule has 0 N–H and O–H groups in total. The molecule has 1 aromatic rings. The van der Waals surface area contributed by atoms with Gasteiger partial charge in [0.2, 0.25) is 0 Å². The van der Waals surface area contributed by atoms with Crippen molar-refractivity contribution in [1.82, 2.24) is 4.98 Å². The van der Waals surface area contributed by atoms with E-state index in [1.54, 1.807) is 12.4 Å². The third kappa shape index (κ3) is 1.06. The number of hydrogen-bond donors (Lipinski definition) is 0. The van der Waals surface area contributed by atoms with Crippen LogP contribution in [0.5, 0.6) is 0 Å². The van der Waals surface area contributed by atoms with E-state index in [1.165, 1.54) is 0 Å². The number of fused-ring (bicyclic) bond motifs is 1. The second-order valence-electron chi connectivity index (χ2n) is 2.74. The number of ether oxygens (including phenoxy) is 1. The number of nitrogens with zero attached hydrogens (tertiary/aromatic N) is 2. The molecule has 2 heterocycles. The molecule has 0 aromatic carbocycles. The van der Waals surface area contributed by atoms with Crippen LogP contribution in [-0.2, 0) is 17.8 Å². The average molecular weight is 160 g/mol. The fourth-order valence-electron chi connectivity index (χ4n) is 1.40. The number of nitriles is 1. The van der Waals surface area contributed by atoms with Crippen molar-refractivity contribution in [1.29, 1.82) is 5.26 Å². The minimum absolute atomic E-state index is 0.595. The lowest BCUT2D eigenvalue weighted by molar-refractivity contribution is 0.110. The molecular formula is C9H8N2O. The Morgan fingerprint density at radius 2 is 2.42 bits per heavy atom. The van der Waals surface area contributed by atoms with Crippen molar-refractivity contribution in [2.75, 3.05) is 6.61 Å². The molecule has 2 rings (SSSR count). The van der Waals surface area contributed by atoms with Crippen LogP contribution in [0.3, 0.4) is 0 Å². The van der Waals surface area contributed by atoms with Crippen LogP contribution < -0.4 is 0 Å². The van der Waals surface area contributed by atoms with Crippen LogP contribution in [0.2, 0.25) is 0 Å². The molecule has 60 valence electrons. The summed E-state index contributed by atoms with van der Waals surface area (Å²) in [6.07, 6.45) is 4.22. The molecule has 0 aliphatic carbocycles. The maximum absolute atomic E-state index is 8.76. The van der Waals surface area contributed by atoms with E-state index in [2.05, 4.69) is 11.1 Å². The van der Waals surface area contributed by atoms with Crippen molar-refractivity contribution >= 4 is 0 Å². The Balaban J connectivity index is 2.53. The van der Waals surface area contributed by atoms with Gasteiger partial charge in [0.1, 0.15) is 6.07 Å². The summed E-state index contributed by atoms with van der Waals surface area (Å²) in [6.45, 7) is 1.31. The quantitative estimate of drug-likeness (QED) is 0.569. The Morgan fingerprint density at radius 1 is 1.50 bits per heavy atom. The smallest absolute Gasteiger partial charge is 0.101 e. The zero-order valence-electron chi connectivity index (χ0n) is 6.58. The van der Waals surface area contributed by atoms with Gasteiger partial charge in [0.05, 0.1) is 18.8 Å². The lowest BCUT2D eigenvalue weighted by Crippen LogP contribution is -2.11. The highest BCUT2D eigenvalue weighted by atomic mass is 16.5. The van der Waals surface area contributed by atoms with E-state index in [0.717, 1.165) is 17.5 Å². The van der Waals surface area contributed by atoms with Gasteiger partial charge in [-0.25, -0.2) is 0 Å². The molecule has 1 aromatic heterocycles. The third-order valence-electron chi connectivity index (χ3n) is 2.02. The summed E-state index contributed by atoms with van der Waals surface area (Å²) in [4.78, 5) is 3.97. The van der Waals surface area contributed by atoms with Crippen molar-refractivity contribution in [2.24, 2.45) is 0 Å². The topological polar surface area (TPSA) is 45.9 Å². The van der Waals surface area contributed by atoms with E-state index < -0.39 is 0 Å². The molecule has 3 heteroatoms. The van der Waals surface area contributed by atoms with Gasteiger partial charge >= 0.3 is 0 Å². The summed E-state index contributed by atoms with van der Waals surface area (Å²) >= 11 is 0. The van der Waals surface area contributed by atoms with Crippen molar-refractivity contribution in [3.63, 3.8) is 0 Å². The highest BCUT2D eigenvalue weighted by Gasteiger charge is 2.12. The van der Waals surface area contributed by atoms with E-state index in [9.17, 15) is 0 Å². The molecule has 0 spiro atoms. The van der Waals surface area contributed by atoms with Crippen LogP contribution in [0, 0.1) is 11.3 Å². The molecule has 1 aliphatic heterocycles. The Hall–Kier alpha value is -1.40. The first-order valence-electron chi connectivity index (χ1n) is 3.85. The summed E-state index contributed by atoms with van der Waals surface area (Å²) in [5.41, 5.74) is 2.86. The minimum atomic E-state index is 0.595. The molecule has 0 saturated heterocycles. The SMILES string of the molecule is N#Cc1cncc2c1CCOC2. The second kappa shape index (κ2) is 2.92. The molecule has 0 radical (unpaired) electrons. The standard InChI is InChI=1S/C9H8N2O/c10-3-7-4-11-5-8-6-12-2-1-9(7)8/h4-5H,1-2,6H2. The predicted octanol–water partition coefficient (Wildman–Crippen LogP) is 1.03. The van der Waals surface area contributed by atoms with Crippen LogP contribution in [-0.4, -0.2) is 11.6 Å². The maximum Gasteiger partial charge on any atom is 0.101 e. The van der Waals surface area contributed by atoms with Gasteiger partial charge in [0, 0.05) is 18.0 Å². The summed E-state index contributed by atoms with van der Waals surface area (Å²) in [5, 5.41) is 8.76. The maximum atomic E-state index is 8.76. The normalized spacial score (nSPS) is 14.9. The molecular weight excluding hydrogens is 152 g/mol. The zero-order chi connectivity index (χ0) is 8.39. The van der Waals surface area contributed by atoms with Crippen LogP contribution in [0.25, 0.3) is 0 Å². The predicted molar refractivity (Wildman–Crippen MR) is 42.3 cm³/mol. The lowest BCUT2D eigenvalue weighted by atomic mass is 10.0. The van der Waals surface area contributed by atoms with E-state index in [0.29, 0.717) is 18.8 Å². The van der Waals surface area contributed by atoms with Gasteiger partial charge in [-0.15, -0.1) is 0 Å². The van der Waals surface area contributed by atoms with Gasteiger partial charge in [0.15, 0.2) is 0 Å². The number of rotatable bonds is 0. The van der Waals surface area contributed by atoms with Crippen molar-refractivity contribution in [3.8, 4) is 6.07 Å². The lowest BCUT2D eigenvalue weighted by Gasteiger charge is -2.16. The minimum Gasteiger partial charge on any atom is -0.376 e. The summed E-state index contributed by atoms with van der Waals surface area (Å²) < 4.78 is 5.25. The Labute approximate surface area is 70.6 Å². The molecule has 3 nitrogen and oxygen atoms in total. The first kappa shape index (κ1) is 7.26. The van der Waals surface area contributed by atoms with Gasteiger partial charge in [-0.1, -0.05) is 0 Å². The van der Waals surface area contributed by atoms with Gasteiger partial charge in [-0.2, -0.15) is 5.26 Å². The van der Waals surface area contributed by atoms with Crippen LogP contribution >= 0.6 is 0 Å². The molecule has 0 saturated carbocycles. The Bertz CT molecular complexity index is 341. The highest BCUT2D eigenvalue weighted by Crippen LogP contribution is 2.18. The first-order valence-corrected chi connectivity index (χ1v) is 3.85. The molecule has 0 atom stereocenters. The van der Waals surface area contributed by atoms with Crippen LogP contribution in [0.1, 0.15) is 16.7 Å². The van der Waals surface area contributed by atoms with Gasteiger partial charge in [-0.05, 0) is 12.0 Å². The van der Waals surface area contributed by atoms with Crippen molar-refractivity contribution in [2.45, 2.75) is 13.0 Å². The van der Waals surface area contributed by atoms with Crippen molar-refractivity contribution in [3.05, 3.63) is 29.1 Å². The Morgan fingerprint density at radius 3 is 3.25 bits per heavy atom. The monoisotopic (exact) mass is 160 g/mol. The molecule has 0 fully saturated rings. The Kier molecular flexibility index (Phi) is 1.77. The van der Waals surface area contributed by atoms with E-state index in [4.69, 9.17) is 10.00 Å². The zero-order valence-corrected chi connectivity index (χ0v) is 6.58. The fraction of sp³-hybridized carbons (Fsp3) is 0.333. The van der Waals surface area contributed by atoms with E-state index in [1.807, 2.05) is 0 Å². The number of hydrogen-bond acceptors (Lipinski definition) is 3. The summed E-state index contributed by atoms with van der Waals surface area (Å²) in [7, 11) is 0. The molecule has 1 aliphatic rings. The summed E-state index contributed by atoms with van der Waals surface area (Å²) in [6, 6.07) is 2.14. The van der Waals surface area contributed by atoms with E-state index in [-0.39, 0.29) is 0 Å². The molecule has 0 unspecified atom stereocenters. The van der Waals surface area contributed by atoms with Crippen LogP contribution in [0.4, 0.5) is 0 Å². The van der Waals surface area contributed by atoms with E-state index >= 15 is 0 Å². The van der Waals surface area contributed by atoms with Gasteiger partial charge in [0.25, 0.3) is 0 Å². The number of pyridine rings is 1. The van der Waals surface area contributed by atoms with Crippen molar-refractivity contribution < 1.29 is 4.74 Å². The molecule has 12 heavy (non-hydrogen) atoms.